The van der Waals surface area contributed by atoms with Gasteiger partial charge in [-0.25, -0.2) is 0 Å². The van der Waals surface area contributed by atoms with Gasteiger partial charge in [0, 0.05) is 12.8 Å². The van der Waals surface area contributed by atoms with Crippen LogP contribution >= 0.6 is 11.8 Å². The number of nitrogens with one attached hydrogen (secondary N) is 2. The Morgan fingerprint density at radius 1 is 0.619 bits per heavy atom. The number of thioether (sulfide) groups is 1. The molecular weight excluding hydrogens is 284 g/mol. The largest absolute Gasteiger partial charge is 0.370 e. The molecule has 4 aliphatic rings. The first-order chi connectivity index (χ1) is 10.4. The summed E-state index contributed by atoms with van der Waals surface area (Å²) in [6.45, 7) is 8.88. The summed E-state index contributed by atoms with van der Waals surface area (Å²) in [5.74, 6) is 0. The molecule has 0 aromatic carbocycles. The molecule has 4 saturated heterocycles. The van der Waals surface area contributed by atoms with E-state index >= 15 is 0 Å². The Morgan fingerprint density at radius 2 is 1.05 bits per heavy atom. The Hall–Kier alpha value is 0.190. The van der Waals surface area contributed by atoms with Crippen LogP contribution in [0.2, 0.25) is 0 Å². The first kappa shape index (κ1) is 14.8. The van der Waals surface area contributed by atoms with Crippen LogP contribution in [0.3, 0.4) is 0 Å². The summed E-state index contributed by atoms with van der Waals surface area (Å²) in [6.07, 6.45) is 5.81. The zero-order valence-electron chi connectivity index (χ0n) is 13.0. The number of hydrogen-bond donors (Lipinski definition) is 2. The molecule has 21 heavy (non-hydrogen) atoms. The molecule has 2 bridgehead atoms. The van der Waals surface area contributed by atoms with Crippen LogP contribution in [-0.4, -0.2) is 75.2 Å². The number of rotatable bonds is 2. The van der Waals surface area contributed by atoms with Gasteiger partial charge in [-0.2, -0.15) is 0 Å². The fraction of sp³-hybridized carbons (Fsp3) is 1.00. The lowest BCUT2D eigenvalue weighted by Crippen LogP contribution is -3.20. The predicted octanol–water partition coefficient (Wildman–Crippen LogP) is -1.39. The van der Waals surface area contributed by atoms with Crippen molar-refractivity contribution in [3.8, 4) is 0 Å². The summed E-state index contributed by atoms with van der Waals surface area (Å²) in [5, 5.41) is 1.85. The predicted molar refractivity (Wildman–Crippen MR) is 84.2 cm³/mol. The maximum atomic E-state index is 5.55. The van der Waals surface area contributed by atoms with Crippen molar-refractivity contribution in [3.05, 3.63) is 0 Å². The van der Waals surface area contributed by atoms with Crippen LogP contribution in [0.15, 0.2) is 0 Å². The average Bonchev–Trinajstić information content (AvgIpc) is 2.57. The van der Waals surface area contributed by atoms with Gasteiger partial charge in [0.1, 0.15) is 26.2 Å². The minimum Gasteiger partial charge on any atom is -0.370 e. The van der Waals surface area contributed by atoms with Crippen LogP contribution in [0.5, 0.6) is 0 Å². The minimum absolute atomic E-state index is 0.913. The van der Waals surface area contributed by atoms with Crippen molar-refractivity contribution < 1.29 is 19.3 Å². The molecule has 4 heterocycles. The quantitative estimate of drug-likeness (QED) is 0.657. The highest BCUT2D eigenvalue weighted by Crippen LogP contribution is 2.40. The maximum Gasteiger partial charge on any atom is 0.101 e. The van der Waals surface area contributed by atoms with E-state index < -0.39 is 0 Å². The monoisotopic (exact) mass is 314 g/mol. The van der Waals surface area contributed by atoms with Gasteiger partial charge in [0.15, 0.2) is 0 Å². The van der Waals surface area contributed by atoms with E-state index in [2.05, 4.69) is 11.8 Å². The van der Waals surface area contributed by atoms with Gasteiger partial charge in [-0.3, -0.25) is 0 Å². The summed E-state index contributed by atoms with van der Waals surface area (Å²) >= 11 is 2.35. The van der Waals surface area contributed by atoms with Crippen LogP contribution in [-0.2, 0) is 9.47 Å². The van der Waals surface area contributed by atoms with Crippen LogP contribution in [0.4, 0.5) is 0 Å². The lowest BCUT2D eigenvalue weighted by molar-refractivity contribution is -0.938. The van der Waals surface area contributed by atoms with E-state index in [1.807, 2.05) is 9.80 Å². The van der Waals surface area contributed by atoms with E-state index in [1.54, 1.807) is 0 Å². The lowest BCUT2D eigenvalue weighted by Gasteiger charge is -2.48. The van der Waals surface area contributed by atoms with E-state index in [1.165, 1.54) is 51.9 Å². The van der Waals surface area contributed by atoms with Gasteiger partial charge in [-0.1, -0.05) is 0 Å². The van der Waals surface area contributed by atoms with Crippen LogP contribution < -0.4 is 9.80 Å². The first-order valence-electron chi connectivity index (χ1n) is 8.92. The Morgan fingerprint density at radius 3 is 1.48 bits per heavy atom. The molecule has 2 N–H and O–H groups in total. The van der Waals surface area contributed by atoms with Crippen LogP contribution in [0, 0.1) is 0 Å². The molecular formula is C16H30N2O2S+2. The first-order valence-corrected chi connectivity index (χ1v) is 9.86. The van der Waals surface area contributed by atoms with Gasteiger partial charge in [0.2, 0.25) is 0 Å². The summed E-state index contributed by atoms with van der Waals surface area (Å²) in [4.78, 5) is 3.68. The Labute approximate surface area is 132 Å². The Kier molecular flexibility index (Phi) is 4.74. The average molecular weight is 314 g/mol. The molecule has 120 valence electrons. The van der Waals surface area contributed by atoms with Crippen molar-refractivity contribution in [2.24, 2.45) is 0 Å². The van der Waals surface area contributed by atoms with Crippen molar-refractivity contribution >= 4 is 11.8 Å². The normalized spacial score (nSPS) is 42.9. The molecule has 0 aromatic rings. The highest BCUT2D eigenvalue weighted by molar-refractivity contribution is 8.00. The van der Waals surface area contributed by atoms with E-state index in [0.29, 0.717) is 0 Å². The van der Waals surface area contributed by atoms with Crippen LogP contribution in [0.25, 0.3) is 0 Å². The molecule has 0 unspecified atom stereocenters. The molecule has 0 saturated carbocycles. The van der Waals surface area contributed by atoms with Gasteiger partial charge < -0.3 is 19.3 Å². The van der Waals surface area contributed by atoms with Crippen molar-refractivity contribution in [2.45, 2.75) is 48.3 Å². The summed E-state index contributed by atoms with van der Waals surface area (Å²) in [5.41, 5.74) is 0. The fourth-order valence-corrected chi connectivity index (χ4v) is 6.98. The third-order valence-corrected chi connectivity index (χ3v) is 7.92. The van der Waals surface area contributed by atoms with Crippen molar-refractivity contribution in [1.29, 1.82) is 0 Å². The zero-order chi connectivity index (χ0) is 14.1. The van der Waals surface area contributed by atoms with E-state index in [-0.39, 0.29) is 0 Å². The molecule has 4 fully saturated rings. The smallest absolute Gasteiger partial charge is 0.101 e. The van der Waals surface area contributed by atoms with E-state index in [4.69, 9.17) is 9.47 Å². The summed E-state index contributed by atoms with van der Waals surface area (Å²) in [7, 11) is 0. The van der Waals surface area contributed by atoms with Crippen molar-refractivity contribution in [2.75, 3.05) is 52.6 Å². The highest BCUT2D eigenvalue weighted by atomic mass is 32.2. The SMILES string of the molecule is C1C[NH+]([C@@H]2CC[C@H]3S[C@@H]2CC[C@@H]3[NH+]2CCOCC2)CCO1. The van der Waals surface area contributed by atoms with Crippen molar-refractivity contribution in [3.63, 3.8) is 0 Å². The minimum atomic E-state index is 0.913. The molecule has 0 aromatic heterocycles. The second-order valence-electron chi connectivity index (χ2n) is 7.12. The molecule has 4 aliphatic heterocycles. The summed E-state index contributed by atoms with van der Waals surface area (Å²) < 4.78 is 11.1. The molecule has 4 rings (SSSR count). The number of ether oxygens (including phenoxy) is 2. The molecule has 0 spiro atoms. The topological polar surface area (TPSA) is 27.3 Å². The molecule has 0 radical (unpaired) electrons. The molecule has 0 aliphatic carbocycles. The fourth-order valence-electron chi connectivity index (χ4n) is 4.95. The lowest BCUT2D eigenvalue weighted by atomic mass is 9.89. The third kappa shape index (κ3) is 3.13. The molecule has 5 heteroatoms. The van der Waals surface area contributed by atoms with Crippen LogP contribution in [0.1, 0.15) is 25.7 Å². The number of hydrogen-bond acceptors (Lipinski definition) is 3. The Bertz CT molecular complexity index is 313. The molecule has 4 nitrogen and oxygen atoms in total. The third-order valence-electron chi connectivity index (χ3n) is 6.09. The van der Waals surface area contributed by atoms with Gasteiger partial charge in [-0.05, 0) is 12.8 Å². The summed E-state index contributed by atoms with van der Waals surface area (Å²) in [6, 6.07) is 1.83. The molecule has 0 amide bonds. The maximum absolute atomic E-state index is 5.55. The van der Waals surface area contributed by atoms with Crippen molar-refractivity contribution in [1.82, 2.24) is 0 Å². The van der Waals surface area contributed by atoms with Gasteiger partial charge in [-0.15, -0.1) is 11.8 Å². The zero-order valence-corrected chi connectivity index (χ0v) is 13.8. The van der Waals surface area contributed by atoms with E-state index in [9.17, 15) is 0 Å². The molecule has 4 atom stereocenters. The standard InChI is InChI=1S/C16H28N2O2S/c1-3-15-14(18-7-11-20-12-8-18)2-4-16(21-15)13(1)17-5-9-19-10-6-17/h13-16H,1-12H2/p+2/t13-,14+,15-,16-/m1/s1. The second kappa shape index (κ2) is 6.75. The number of quaternary nitrogens is 2. The Balaban J connectivity index is 1.37. The number of morpholine rings is 2. The van der Waals surface area contributed by atoms with Gasteiger partial charge >= 0.3 is 0 Å². The van der Waals surface area contributed by atoms with Gasteiger partial charge in [0.25, 0.3) is 0 Å². The second-order valence-corrected chi connectivity index (χ2v) is 8.61. The highest BCUT2D eigenvalue weighted by Gasteiger charge is 2.47. The van der Waals surface area contributed by atoms with Gasteiger partial charge in [0.05, 0.1) is 49.0 Å². The van der Waals surface area contributed by atoms with E-state index in [0.717, 1.165) is 49.0 Å². The number of fused-ring (bicyclic) bond motifs is 2.